The van der Waals surface area contributed by atoms with Gasteiger partial charge in [-0.15, -0.1) is 0 Å². The fraction of sp³-hybridized carbons (Fsp3) is 0.909. The molecular formula is C11H20BrN3S. The van der Waals surface area contributed by atoms with Crippen molar-refractivity contribution in [3.8, 4) is 0 Å². The molecule has 1 atom stereocenters. The van der Waals surface area contributed by atoms with E-state index in [1.807, 2.05) is 11.8 Å². The molecule has 0 N–H and O–H groups in total. The van der Waals surface area contributed by atoms with Crippen LogP contribution in [-0.4, -0.2) is 64.3 Å². The van der Waals surface area contributed by atoms with Crippen molar-refractivity contribution in [3.05, 3.63) is 0 Å². The molecule has 0 aromatic heterocycles. The SMILES string of the molecule is CC(C)N1CCN(C2=NCC(CBr)S2)CC1. The molecule has 0 spiro atoms. The lowest BCUT2D eigenvalue weighted by atomic mass is 10.2. The fourth-order valence-electron chi connectivity index (χ4n) is 2.09. The van der Waals surface area contributed by atoms with Gasteiger partial charge in [0.05, 0.1) is 6.54 Å². The smallest absolute Gasteiger partial charge is 0.159 e. The molecule has 2 aliphatic heterocycles. The molecule has 3 nitrogen and oxygen atoms in total. The molecule has 0 aromatic rings. The largest absolute Gasteiger partial charge is 0.349 e. The summed E-state index contributed by atoms with van der Waals surface area (Å²) in [5.41, 5.74) is 0. The van der Waals surface area contributed by atoms with E-state index in [1.54, 1.807) is 0 Å². The topological polar surface area (TPSA) is 18.8 Å². The van der Waals surface area contributed by atoms with Crippen molar-refractivity contribution in [1.82, 2.24) is 9.80 Å². The zero-order valence-corrected chi connectivity index (χ0v) is 12.4. The molecule has 16 heavy (non-hydrogen) atoms. The maximum absolute atomic E-state index is 4.64. The van der Waals surface area contributed by atoms with Gasteiger partial charge >= 0.3 is 0 Å². The Balaban J connectivity index is 1.81. The van der Waals surface area contributed by atoms with E-state index in [0.29, 0.717) is 11.3 Å². The first kappa shape index (κ1) is 12.7. The average molecular weight is 306 g/mol. The van der Waals surface area contributed by atoms with Crippen LogP contribution in [0.5, 0.6) is 0 Å². The van der Waals surface area contributed by atoms with Crippen LogP contribution in [0.15, 0.2) is 4.99 Å². The van der Waals surface area contributed by atoms with Crippen LogP contribution in [0.2, 0.25) is 0 Å². The lowest BCUT2D eigenvalue weighted by molar-refractivity contribution is 0.150. The number of rotatable bonds is 2. The summed E-state index contributed by atoms with van der Waals surface area (Å²) in [4.78, 5) is 9.63. The van der Waals surface area contributed by atoms with E-state index in [2.05, 4.69) is 44.6 Å². The minimum absolute atomic E-state index is 0.651. The third-order valence-electron chi connectivity index (χ3n) is 3.19. The summed E-state index contributed by atoms with van der Waals surface area (Å²) in [5.74, 6) is 0. The van der Waals surface area contributed by atoms with Crippen molar-refractivity contribution < 1.29 is 0 Å². The van der Waals surface area contributed by atoms with E-state index in [-0.39, 0.29) is 0 Å². The Morgan fingerprint density at radius 3 is 2.56 bits per heavy atom. The minimum Gasteiger partial charge on any atom is -0.349 e. The lowest BCUT2D eigenvalue weighted by Crippen LogP contribution is -2.50. The van der Waals surface area contributed by atoms with Gasteiger partial charge in [-0.1, -0.05) is 27.7 Å². The molecule has 0 aliphatic carbocycles. The van der Waals surface area contributed by atoms with Crippen molar-refractivity contribution in [3.63, 3.8) is 0 Å². The zero-order chi connectivity index (χ0) is 11.5. The van der Waals surface area contributed by atoms with E-state index < -0.39 is 0 Å². The summed E-state index contributed by atoms with van der Waals surface area (Å²) in [6.45, 7) is 10.2. The number of piperazine rings is 1. The van der Waals surface area contributed by atoms with Gasteiger partial charge in [0.25, 0.3) is 0 Å². The summed E-state index contributed by atoms with van der Waals surface area (Å²) in [5, 5.41) is 2.97. The van der Waals surface area contributed by atoms with Crippen molar-refractivity contribution in [2.75, 3.05) is 38.1 Å². The second kappa shape index (κ2) is 5.74. The minimum atomic E-state index is 0.651. The Morgan fingerprint density at radius 2 is 2.06 bits per heavy atom. The van der Waals surface area contributed by atoms with Crippen LogP contribution in [0.25, 0.3) is 0 Å². The van der Waals surface area contributed by atoms with Gasteiger partial charge in [-0.3, -0.25) is 9.89 Å². The predicted molar refractivity (Wildman–Crippen MR) is 75.8 cm³/mol. The molecule has 2 heterocycles. The summed E-state index contributed by atoms with van der Waals surface area (Å²) >= 11 is 5.47. The number of halogens is 1. The molecular weight excluding hydrogens is 286 g/mol. The molecule has 0 bridgehead atoms. The lowest BCUT2D eigenvalue weighted by Gasteiger charge is -2.37. The van der Waals surface area contributed by atoms with Gasteiger partial charge in [-0.25, -0.2) is 0 Å². The van der Waals surface area contributed by atoms with Gasteiger partial charge in [0.15, 0.2) is 5.17 Å². The number of aliphatic imine (C=N–C) groups is 1. The molecule has 92 valence electrons. The van der Waals surface area contributed by atoms with Crippen LogP contribution < -0.4 is 0 Å². The van der Waals surface area contributed by atoms with Crippen LogP contribution in [0, 0.1) is 0 Å². The first-order valence-corrected chi connectivity index (χ1v) is 7.97. The molecule has 0 saturated carbocycles. The molecule has 1 unspecified atom stereocenters. The van der Waals surface area contributed by atoms with Crippen LogP contribution in [0.4, 0.5) is 0 Å². The standard InChI is InChI=1S/C11H20BrN3S/c1-9(2)14-3-5-15(6-4-14)11-13-8-10(7-12)16-11/h9-10H,3-8H2,1-2H3. The van der Waals surface area contributed by atoms with Crippen LogP contribution >= 0.6 is 27.7 Å². The summed E-state index contributed by atoms with van der Waals surface area (Å²) in [6, 6.07) is 0.676. The van der Waals surface area contributed by atoms with Gasteiger partial charge < -0.3 is 4.90 Å². The third kappa shape index (κ3) is 2.93. The molecule has 2 aliphatic rings. The molecule has 0 aromatic carbocycles. The highest BCUT2D eigenvalue weighted by Gasteiger charge is 2.26. The quantitative estimate of drug-likeness (QED) is 0.726. The maximum Gasteiger partial charge on any atom is 0.159 e. The fourth-order valence-corrected chi connectivity index (χ4v) is 3.68. The Labute approximate surface area is 111 Å². The Kier molecular flexibility index (Phi) is 4.56. The Hall–Kier alpha value is 0.260. The Bertz CT molecular complexity index is 262. The normalized spacial score (nSPS) is 27.6. The second-order valence-corrected chi connectivity index (χ2v) is 6.55. The summed E-state index contributed by atoms with van der Waals surface area (Å²) in [6.07, 6.45) is 0. The highest BCUT2D eigenvalue weighted by Crippen LogP contribution is 2.25. The summed E-state index contributed by atoms with van der Waals surface area (Å²) < 4.78 is 0. The molecule has 2 rings (SSSR count). The van der Waals surface area contributed by atoms with Crippen LogP contribution in [0.3, 0.4) is 0 Å². The summed E-state index contributed by atoms with van der Waals surface area (Å²) in [7, 11) is 0. The third-order valence-corrected chi connectivity index (χ3v) is 5.65. The van der Waals surface area contributed by atoms with E-state index in [1.165, 1.54) is 18.3 Å². The number of hydrogen-bond donors (Lipinski definition) is 0. The van der Waals surface area contributed by atoms with Crippen molar-refractivity contribution >= 4 is 32.9 Å². The van der Waals surface area contributed by atoms with E-state index >= 15 is 0 Å². The number of thioether (sulfide) groups is 1. The molecule has 0 radical (unpaired) electrons. The van der Waals surface area contributed by atoms with Gasteiger partial charge in [0, 0.05) is 42.8 Å². The van der Waals surface area contributed by atoms with Gasteiger partial charge in [-0.05, 0) is 13.8 Å². The highest BCUT2D eigenvalue weighted by molar-refractivity contribution is 9.09. The average Bonchev–Trinajstić information content (AvgIpc) is 2.77. The van der Waals surface area contributed by atoms with Gasteiger partial charge in [0.2, 0.25) is 0 Å². The van der Waals surface area contributed by atoms with E-state index in [0.717, 1.165) is 25.0 Å². The van der Waals surface area contributed by atoms with E-state index in [9.17, 15) is 0 Å². The Morgan fingerprint density at radius 1 is 1.38 bits per heavy atom. The predicted octanol–water partition coefficient (Wildman–Crippen LogP) is 1.88. The van der Waals surface area contributed by atoms with Crippen LogP contribution in [-0.2, 0) is 0 Å². The number of hydrogen-bond acceptors (Lipinski definition) is 4. The van der Waals surface area contributed by atoms with E-state index in [4.69, 9.17) is 0 Å². The van der Waals surface area contributed by atoms with Crippen LogP contribution in [0.1, 0.15) is 13.8 Å². The highest BCUT2D eigenvalue weighted by atomic mass is 79.9. The van der Waals surface area contributed by atoms with Crippen molar-refractivity contribution in [2.45, 2.75) is 25.1 Å². The first-order chi connectivity index (χ1) is 7.70. The van der Waals surface area contributed by atoms with Gasteiger partial charge in [-0.2, -0.15) is 0 Å². The number of nitrogens with zero attached hydrogens (tertiary/aromatic N) is 3. The van der Waals surface area contributed by atoms with Crippen molar-refractivity contribution in [1.29, 1.82) is 0 Å². The number of alkyl halides is 1. The second-order valence-electron chi connectivity index (χ2n) is 4.63. The van der Waals surface area contributed by atoms with Crippen molar-refractivity contribution in [2.24, 2.45) is 4.99 Å². The monoisotopic (exact) mass is 305 g/mol. The van der Waals surface area contributed by atoms with Gasteiger partial charge in [0.1, 0.15) is 0 Å². The molecule has 1 saturated heterocycles. The zero-order valence-electron chi connectivity index (χ0n) is 10.0. The molecule has 5 heteroatoms. The maximum atomic E-state index is 4.64. The molecule has 1 fully saturated rings. The molecule has 0 amide bonds. The first-order valence-electron chi connectivity index (χ1n) is 5.96. The number of amidine groups is 1.